The van der Waals surface area contributed by atoms with Crippen molar-refractivity contribution in [2.24, 2.45) is 0 Å². The molecule has 0 aromatic heterocycles. The highest BCUT2D eigenvalue weighted by molar-refractivity contribution is 4.83. The minimum atomic E-state index is 0.400. The van der Waals surface area contributed by atoms with E-state index in [2.05, 4.69) is 31.1 Å². The summed E-state index contributed by atoms with van der Waals surface area (Å²) in [5, 5.41) is 3.20. The number of ether oxygens (including phenoxy) is 1. The van der Waals surface area contributed by atoms with Gasteiger partial charge in [-0.1, -0.05) is 0 Å². The Morgan fingerprint density at radius 3 is 2.79 bits per heavy atom. The molecule has 0 radical (unpaired) electrons. The lowest BCUT2D eigenvalue weighted by atomic mass is 10.1. The van der Waals surface area contributed by atoms with Gasteiger partial charge in [-0.05, 0) is 47.3 Å². The first-order chi connectivity index (χ1) is 6.66. The standard InChI is InChI=1S/C11H24N2O/c1-9(5-7-12-3)13(4)11-6-8-14-10(11)2/h9-12H,5-8H2,1-4H3. The number of hydrogen-bond donors (Lipinski definition) is 1. The molecule has 3 nitrogen and oxygen atoms in total. The molecule has 1 saturated heterocycles. The van der Waals surface area contributed by atoms with E-state index in [1.807, 2.05) is 7.05 Å². The molecule has 0 spiro atoms. The van der Waals surface area contributed by atoms with Crippen LogP contribution in [0.1, 0.15) is 26.7 Å². The van der Waals surface area contributed by atoms with Gasteiger partial charge in [0.2, 0.25) is 0 Å². The summed E-state index contributed by atoms with van der Waals surface area (Å²) in [6.45, 7) is 6.49. The molecule has 0 bridgehead atoms. The van der Waals surface area contributed by atoms with Crippen LogP contribution in [0, 0.1) is 0 Å². The summed E-state index contributed by atoms with van der Waals surface area (Å²) >= 11 is 0. The van der Waals surface area contributed by atoms with Crippen molar-refractivity contribution < 1.29 is 4.74 Å². The molecule has 0 saturated carbocycles. The Morgan fingerprint density at radius 1 is 1.57 bits per heavy atom. The van der Waals surface area contributed by atoms with E-state index >= 15 is 0 Å². The lowest BCUT2D eigenvalue weighted by Gasteiger charge is -2.32. The largest absolute Gasteiger partial charge is 0.377 e. The molecule has 3 atom stereocenters. The highest BCUT2D eigenvalue weighted by Gasteiger charge is 2.29. The molecule has 0 aromatic rings. The van der Waals surface area contributed by atoms with Crippen LogP contribution in [0.25, 0.3) is 0 Å². The van der Waals surface area contributed by atoms with Crippen molar-refractivity contribution in [3.63, 3.8) is 0 Å². The first-order valence-corrected chi connectivity index (χ1v) is 5.65. The molecule has 0 aromatic carbocycles. The predicted molar refractivity (Wildman–Crippen MR) is 59.6 cm³/mol. The van der Waals surface area contributed by atoms with E-state index in [-0.39, 0.29) is 0 Å². The molecular formula is C11H24N2O. The zero-order valence-electron chi connectivity index (χ0n) is 9.92. The maximum Gasteiger partial charge on any atom is 0.0703 e. The Morgan fingerprint density at radius 2 is 2.29 bits per heavy atom. The summed E-state index contributed by atoms with van der Waals surface area (Å²) in [4.78, 5) is 2.47. The highest BCUT2D eigenvalue weighted by Crippen LogP contribution is 2.20. The molecule has 1 rings (SSSR count). The molecular weight excluding hydrogens is 176 g/mol. The van der Waals surface area contributed by atoms with Crippen LogP contribution in [0.2, 0.25) is 0 Å². The second-order valence-electron chi connectivity index (χ2n) is 4.34. The van der Waals surface area contributed by atoms with Gasteiger partial charge in [-0.2, -0.15) is 0 Å². The van der Waals surface area contributed by atoms with Gasteiger partial charge in [0.1, 0.15) is 0 Å². The van der Waals surface area contributed by atoms with E-state index < -0.39 is 0 Å². The van der Waals surface area contributed by atoms with Crippen LogP contribution in [-0.4, -0.2) is 50.3 Å². The fourth-order valence-corrected chi connectivity index (χ4v) is 2.14. The third kappa shape index (κ3) is 2.94. The molecule has 1 fully saturated rings. The molecule has 1 aliphatic rings. The van der Waals surface area contributed by atoms with Gasteiger partial charge in [-0.25, -0.2) is 0 Å². The first kappa shape index (κ1) is 12.0. The van der Waals surface area contributed by atoms with Gasteiger partial charge < -0.3 is 10.1 Å². The van der Waals surface area contributed by atoms with Crippen molar-refractivity contribution in [1.82, 2.24) is 10.2 Å². The third-order valence-electron chi connectivity index (χ3n) is 3.37. The quantitative estimate of drug-likeness (QED) is 0.719. The van der Waals surface area contributed by atoms with Crippen molar-refractivity contribution in [3.8, 4) is 0 Å². The lowest BCUT2D eigenvalue weighted by Crippen LogP contribution is -2.43. The minimum absolute atomic E-state index is 0.400. The smallest absolute Gasteiger partial charge is 0.0703 e. The number of nitrogens with one attached hydrogen (secondary N) is 1. The van der Waals surface area contributed by atoms with Gasteiger partial charge in [0, 0.05) is 18.7 Å². The summed E-state index contributed by atoms with van der Waals surface area (Å²) in [6, 6.07) is 1.25. The van der Waals surface area contributed by atoms with E-state index in [1.54, 1.807) is 0 Å². The summed E-state index contributed by atoms with van der Waals surface area (Å²) in [5.74, 6) is 0. The number of rotatable bonds is 5. The Balaban J connectivity index is 2.34. The summed E-state index contributed by atoms with van der Waals surface area (Å²) in [7, 11) is 4.23. The number of likely N-dealkylation sites (N-methyl/N-ethyl adjacent to an activating group) is 1. The van der Waals surface area contributed by atoms with Crippen LogP contribution in [-0.2, 0) is 4.74 Å². The summed E-state index contributed by atoms with van der Waals surface area (Å²) in [6.07, 6.45) is 2.79. The molecule has 0 amide bonds. The first-order valence-electron chi connectivity index (χ1n) is 5.65. The molecule has 84 valence electrons. The third-order valence-corrected chi connectivity index (χ3v) is 3.37. The topological polar surface area (TPSA) is 24.5 Å². The van der Waals surface area contributed by atoms with Crippen molar-refractivity contribution in [2.75, 3.05) is 27.2 Å². The van der Waals surface area contributed by atoms with E-state index in [0.29, 0.717) is 18.2 Å². The van der Waals surface area contributed by atoms with Gasteiger partial charge in [0.05, 0.1) is 6.10 Å². The Kier molecular flexibility index (Phi) is 4.85. The average molecular weight is 200 g/mol. The van der Waals surface area contributed by atoms with E-state index in [1.165, 1.54) is 12.8 Å². The number of nitrogens with zero attached hydrogens (tertiary/aromatic N) is 1. The van der Waals surface area contributed by atoms with E-state index in [9.17, 15) is 0 Å². The molecule has 1 aliphatic heterocycles. The van der Waals surface area contributed by atoms with E-state index in [0.717, 1.165) is 13.2 Å². The fraction of sp³-hybridized carbons (Fsp3) is 1.00. The zero-order chi connectivity index (χ0) is 10.6. The summed E-state index contributed by atoms with van der Waals surface area (Å²) in [5.41, 5.74) is 0. The van der Waals surface area contributed by atoms with Crippen LogP contribution in [0.3, 0.4) is 0 Å². The lowest BCUT2D eigenvalue weighted by molar-refractivity contribution is 0.0690. The van der Waals surface area contributed by atoms with Crippen LogP contribution >= 0.6 is 0 Å². The van der Waals surface area contributed by atoms with Crippen LogP contribution < -0.4 is 5.32 Å². The van der Waals surface area contributed by atoms with Crippen molar-refractivity contribution >= 4 is 0 Å². The monoisotopic (exact) mass is 200 g/mol. The summed E-state index contributed by atoms with van der Waals surface area (Å²) < 4.78 is 5.58. The molecule has 1 N–H and O–H groups in total. The predicted octanol–water partition coefficient (Wildman–Crippen LogP) is 1.09. The highest BCUT2D eigenvalue weighted by atomic mass is 16.5. The average Bonchev–Trinajstić information content (AvgIpc) is 2.59. The number of hydrogen-bond acceptors (Lipinski definition) is 3. The van der Waals surface area contributed by atoms with Gasteiger partial charge in [-0.3, -0.25) is 4.90 Å². The van der Waals surface area contributed by atoms with Gasteiger partial charge in [0.15, 0.2) is 0 Å². The maximum absolute atomic E-state index is 5.58. The molecule has 1 heterocycles. The molecule has 3 unspecified atom stereocenters. The van der Waals surface area contributed by atoms with E-state index in [4.69, 9.17) is 4.74 Å². The Hall–Kier alpha value is -0.120. The Labute approximate surface area is 87.8 Å². The zero-order valence-corrected chi connectivity index (χ0v) is 9.92. The fourth-order valence-electron chi connectivity index (χ4n) is 2.14. The van der Waals surface area contributed by atoms with Crippen molar-refractivity contribution in [1.29, 1.82) is 0 Å². The normalized spacial score (nSPS) is 29.8. The van der Waals surface area contributed by atoms with Crippen molar-refractivity contribution in [3.05, 3.63) is 0 Å². The second-order valence-corrected chi connectivity index (χ2v) is 4.34. The van der Waals surface area contributed by atoms with Gasteiger partial charge in [0.25, 0.3) is 0 Å². The molecule has 0 aliphatic carbocycles. The maximum atomic E-state index is 5.58. The van der Waals surface area contributed by atoms with Crippen LogP contribution in [0.15, 0.2) is 0 Å². The van der Waals surface area contributed by atoms with Gasteiger partial charge >= 0.3 is 0 Å². The van der Waals surface area contributed by atoms with Crippen LogP contribution in [0.4, 0.5) is 0 Å². The van der Waals surface area contributed by atoms with Gasteiger partial charge in [-0.15, -0.1) is 0 Å². The molecule has 3 heteroatoms. The van der Waals surface area contributed by atoms with Crippen LogP contribution in [0.5, 0.6) is 0 Å². The second kappa shape index (κ2) is 5.69. The minimum Gasteiger partial charge on any atom is -0.377 e. The molecule has 14 heavy (non-hydrogen) atoms. The Bertz CT molecular complexity index is 163. The SMILES string of the molecule is CNCCC(C)N(C)C1CCOC1C. The van der Waals surface area contributed by atoms with Crippen molar-refractivity contribution in [2.45, 2.75) is 44.9 Å².